The van der Waals surface area contributed by atoms with E-state index in [4.69, 9.17) is 22.5 Å². The number of nitrogens with two attached hydrogens (primary N) is 1. The Kier molecular flexibility index (Phi) is 5.37. The van der Waals surface area contributed by atoms with Gasteiger partial charge in [-0.1, -0.05) is 16.8 Å². The number of amidine groups is 1. The Morgan fingerprint density at radius 3 is 3.00 bits per heavy atom. The van der Waals surface area contributed by atoms with Crippen LogP contribution in [0.25, 0.3) is 0 Å². The SMILES string of the molecule is CSCCN(C)c1nccc(/C(N)=N/O)c1Cl. The summed E-state index contributed by atoms with van der Waals surface area (Å²) in [6.45, 7) is 0.827. The van der Waals surface area contributed by atoms with Crippen LogP contribution in [0, 0.1) is 0 Å². The van der Waals surface area contributed by atoms with Gasteiger partial charge in [0.15, 0.2) is 5.84 Å². The van der Waals surface area contributed by atoms with Crippen LogP contribution in [0.15, 0.2) is 17.4 Å². The first-order valence-electron chi connectivity index (χ1n) is 4.94. The molecule has 0 saturated carbocycles. The highest BCUT2D eigenvalue weighted by Gasteiger charge is 2.13. The minimum atomic E-state index is -0.0167. The number of rotatable bonds is 5. The molecule has 1 heterocycles. The number of halogens is 1. The van der Waals surface area contributed by atoms with Gasteiger partial charge in [0.05, 0.1) is 5.02 Å². The smallest absolute Gasteiger partial charge is 0.171 e. The number of anilines is 1. The summed E-state index contributed by atoms with van der Waals surface area (Å²) in [5, 5.41) is 12.0. The Hall–Kier alpha value is -1.14. The molecule has 0 radical (unpaired) electrons. The van der Waals surface area contributed by atoms with Crippen molar-refractivity contribution in [1.29, 1.82) is 0 Å². The largest absolute Gasteiger partial charge is 0.409 e. The molecule has 0 unspecified atom stereocenters. The van der Waals surface area contributed by atoms with Crippen molar-refractivity contribution in [1.82, 2.24) is 4.98 Å². The molecule has 0 spiro atoms. The molecule has 17 heavy (non-hydrogen) atoms. The summed E-state index contributed by atoms with van der Waals surface area (Å²) in [5.41, 5.74) is 6.01. The van der Waals surface area contributed by atoms with Gasteiger partial charge < -0.3 is 15.8 Å². The number of aromatic nitrogens is 1. The first kappa shape index (κ1) is 13.9. The van der Waals surface area contributed by atoms with Crippen molar-refractivity contribution in [3.05, 3.63) is 22.8 Å². The van der Waals surface area contributed by atoms with Crippen molar-refractivity contribution in [3.63, 3.8) is 0 Å². The molecule has 7 heteroatoms. The van der Waals surface area contributed by atoms with Crippen LogP contribution in [-0.2, 0) is 0 Å². The molecule has 0 atom stereocenters. The van der Waals surface area contributed by atoms with E-state index in [0.29, 0.717) is 16.4 Å². The minimum Gasteiger partial charge on any atom is -0.409 e. The van der Waals surface area contributed by atoms with E-state index in [9.17, 15) is 0 Å². The normalized spacial score (nSPS) is 11.6. The third-order valence-corrected chi connectivity index (χ3v) is 3.21. The fraction of sp³-hybridized carbons (Fsp3) is 0.400. The number of nitrogens with zero attached hydrogens (tertiary/aromatic N) is 3. The van der Waals surface area contributed by atoms with E-state index in [1.54, 1.807) is 24.0 Å². The summed E-state index contributed by atoms with van der Waals surface area (Å²) in [5.74, 6) is 1.59. The van der Waals surface area contributed by atoms with Crippen molar-refractivity contribution in [2.45, 2.75) is 0 Å². The highest BCUT2D eigenvalue weighted by atomic mass is 35.5. The maximum atomic E-state index is 8.65. The number of pyridine rings is 1. The van der Waals surface area contributed by atoms with Crippen molar-refractivity contribution < 1.29 is 5.21 Å². The first-order chi connectivity index (χ1) is 8.11. The molecule has 5 nitrogen and oxygen atoms in total. The molecule has 0 amide bonds. The number of thioether (sulfide) groups is 1. The Morgan fingerprint density at radius 1 is 1.71 bits per heavy atom. The van der Waals surface area contributed by atoms with Gasteiger partial charge in [0.1, 0.15) is 5.82 Å². The quantitative estimate of drug-likeness (QED) is 0.369. The van der Waals surface area contributed by atoms with E-state index in [1.807, 2.05) is 18.2 Å². The van der Waals surface area contributed by atoms with Crippen LogP contribution in [0.2, 0.25) is 5.02 Å². The Morgan fingerprint density at radius 2 is 2.41 bits per heavy atom. The maximum absolute atomic E-state index is 8.65. The first-order valence-corrected chi connectivity index (χ1v) is 6.71. The zero-order valence-corrected chi connectivity index (χ0v) is 11.3. The van der Waals surface area contributed by atoms with Crippen LogP contribution in [0.1, 0.15) is 5.56 Å². The van der Waals surface area contributed by atoms with Crippen molar-refractivity contribution >= 4 is 35.0 Å². The van der Waals surface area contributed by atoms with E-state index in [0.717, 1.165) is 12.3 Å². The van der Waals surface area contributed by atoms with Gasteiger partial charge in [-0.25, -0.2) is 4.98 Å². The lowest BCUT2D eigenvalue weighted by Gasteiger charge is -2.19. The van der Waals surface area contributed by atoms with Crippen molar-refractivity contribution in [2.75, 3.05) is 30.5 Å². The van der Waals surface area contributed by atoms with Gasteiger partial charge in [0, 0.05) is 31.1 Å². The molecule has 1 aromatic heterocycles. The van der Waals surface area contributed by atoms with Gasteiger partial charge in [0.2, 0.25) is 0 Å². The molecule has 3 N–H and O–H groups in total. The second-order valence-electron chi connectivity index (χ2n) is 3.40. The highest BCUT2D eigenvalue weighted by Crippen LogP contribution is 2.26. The van der Waals surface area contributed by atoms with E-state index in [-0.39, 0.29) is 5.84 Å². The number of hydrogen-bond donors (Lipinski definition) is 2. The molecule has 0 aromatic carbocycles. The van der Waals surface area contributed by atoms with Gasteiger partial charge in [0.25, 0.3) is 0 Å². The van der Waals surface area contributed by atoms with Crippen LogP contribution < -0.4 is 10.6 Å². The van der Waals surface area contributed by atoms with E-state index in [2.05, 4.69) is 10.1 Å². The van der Waals surface area contributed by atoms with Crippen LogP contribution in [-0.4, -0.2) is 41.6 Å². The zero-order valence-electron chi connectivity index (χ0n) is 9.72. The van der Waals surface area contributed by atoms with Gasteiger partial charge in [-0.05, 0) is 12.3 Å². The second kappa shape index (κ2) is 6.56. The maximum Gasteiger partial charge on any atom is 0.171 e. The molecule has 94 valence electrons. The minimum absolute atomic E-state index is 0.0167. The summed E-state index contributed by atoms with van der Waals surface area (Å²) in [7, 11) is 1.90. The second-order valence-corrected chi connectivity index (χ2v) is 4.76. The van der Waals surface area contributed by atoms with Crippen LogP contribution >= 0.6 is 23.4 Å². The lowest BCUT2D eigenvalue weighted by Crippen LogP contribution is -2.23. The fourth-order valence-corrected chi connectivity index (χ4v) is 2.09. The van der Waals surface area contributed by atoms with Gasteiger partial charge in [-0.2, -0.15) is 11.8 Å². The average Bonchev–Trinajstić information content (AvgIpc) is 2.35. The summed E-state index contributed by atoms with van der Waals surface area (Å²) < 4.78 is 0. The Labute approximate surface area is 110 Å². The lowest BCUT2D eigenvalue weighted by molar-refractivity contribution is 0.318. The van der Waals surface area contributed by atoms with Gasteiger partial charge in [-0.15, -0.1) is 0 Å². The monoisotopic (exact) mass is 274 g/mol. The summed E-state index contributed by atoms with van der Waals surface area (Å²) >= 11 is 7.92. The molecule has 0 aliphatic heterocycles. The Bertz CT molecular complexity index is 413. The summed E-state index contributed by atoms with van der Waals surface area (Å²) in [6.07, 6.45) is 3.62. The molecule has 1 aromatic rings. The highest BCUT2D eigenvalue weighted by molar-refractivity contribution is 7.98. The fourth-order valence-electron chi connectivity index (χ4n) is 1.28. The number of hydrogen-bond acceptors (Lipinski definition) is 5. The van der Waals surface area contributed by atoms with Crippen LogP contribution in [0.4, 0.5) is 5.82 Å². The molecular formula is C10H15ClN4OS. The predicted molar refractivity (Wildman–Crippen MR) is 73.4 cm³/mol. The van der Waals surface area contributed by atoms with Crippen LogP contribution in [0.3, 0.4) is 0 Å². The van der Waals surface area contributed by atoms with Crippen molar-refractivity contribution in [3.8, 4) is 0 Å². The zero-order chi connectivity index (χ0) is 12.8. The molecule has 0 fully saturated rings. The standard InChI is InChI=1S/C10H15ClN4OS/c1-15(5-6-17-2)10-8(11)7(3-4-13-10)9(12)14-16/h3-4,16H,5-6H2,1-2H3,(H2,12,14). The lowest BCUT2D eigenvalue weighted by atomic mass is 10.2. The van der Waals surface area contributed by atoms with Gasteiger partial charge in [-0.3, -0.25) is 0 Å². The van der Waals surface area contributed by atoms with Crippen LogP contribution in [0.5, 0.6) is 0 Å². The predicted octanol–water partition coefficient (Wildman–Crippen LogP) is 1.63. The Balaban J connectivity index is 3.01. The van der Waals surface area contributed by atoms with Crippen molar-refractivity contribution in [2.24, 2.45) is 10.9 Å². The van der Waals surface area contributed by atoms with E-state index < -0.39 is 0 Å². The topological polar surface area (TPSA) is 74.7 Å². The van der Waals surface area contributed by atoms with E-state index in [1.165, 1.54) is 0 Å². The molecular weight excluding hydrogens is 260 g/mol. The molecule has 1 rings (SSSR count). The third-order valence-electron chi connectivity index (χ3n) is 2.25. The number of oxime groups is 1. The molecule has 0 bridgehead atoms. The average molecular weight is 275 g/mol. The molecule has 0 aliphatic carbocycles. The third kappa shape index (κ3) is 3.41. The molecule has 0 aliphatic rings. The summed E-state index contributed by atoms with van der Waals surface area (Å²) in [4.78, 5) is 6.14. The van der Waals surface area contributed by atoms with Gasteiger partial charge >= 0.3 is 0 Å². The van der Waals surface area contributed by atoms with E-state index >= 15 is 0 Å². The summed E-state index contributed by atoms with van der Waals surface area (Å²) in [6, 6.07) is 1.61. The molecule has 0 saturated heterocycles.